The quantitative estimate of drug-likeness (QED) is 0.560. The van der Waals surface area contributed by atoms with Crippen molar-refractivity contribution in [3.63, 3.8) is 0 Å². The fourth-order valence-electron chi connectivity index (χ4n) is 2.77. The van der Waals surface area contributed by atoms with Crippen LogP contribution in [0.25, 0.3) is 11.1 Å². The van der Waals surface area contributed by atoms with Crippen LogP contribution in [0.2, 0.25) is 0 Å². The SMILES string of the molecule is CCCN(N)c1cccc2c1Cc1ccccc1-2. The van der Waals surface area contributed by atoms with E-state index in [0.717, 1.165) is 19.4 Å². The molecule has 1 aliphatic rings. The maximum atomic E-state index is 6.15. The molecule has 92 valence electrons. The number of benzene rings is 2. The highest BCUT2D eigenvalue weighted by atomic mass is 15.4. The van der Waals surface area contributed by atoms with Crippen molar-refractivity contribution in [2.24, 2.45) is 5.84 Å². The summed E-state index contributed by atoms with van der Waals surface area (Å²) in [5.41, 5.74) is 6.65. The van der Waals surface area contributed by atoms with E-state index in [1.165, 1.54) is 27.9 Å². The Balaban J connectivity index is 2.08. The molecule has 2 N–H and O–H groups in total. The standard InChI is InChI=1S/C16H18N2/c1-2-10-18(17)16-9-5-8-14-13-7-4-3-6-12(13)11-15(14)16/h3-9H,2,10-11,17H2,1H3. The second-order valence-corrected chi connectivity index (χ2v) is 4.83. The Hall–Kier alpha value is -1.80. The number of hydrazine groups is 1. The third kappa shape index (κ3) is 1.70. The minimum absolute atomic E-state index is 0.896. The molecule has 0 heterocycles. The molecule has 0 bridgehead atoms. The van der Waals surface area contributed by atoms with E-state index in [4.69, 9.17) is 5.84 Å². The Labute approximate surface area is 108 Å². The maximum Gasteiger partial charge on any atom is 0.0558 e. The Morgan fingerprint density at radius 1 is 1.06 bits per heavy atom. The molecular weight excluding hydrogens is 220 g/mol. The van der Waals surface area contributed by atoms with Crippen LogP contribution in [-0.2, 0) is 6.42 Å². The van der Waals surface area contributed by atoms with Gasteiger partial charge in [0.1, 0.15) is 0 Å². The smallest absolute Gasteiger partial charge is 0.0558 e. The Morgan fingerprint density at radius 2 is 1.83 bits per heavy atom. The lowest BCUT2D eigenvalue weighted by atomic mass is 10.0. The van der Waals surface area contributed by atoms with Crippen LogP contribution in [-0.4, -0.2) is 6.54 Å². The lowest BCUT2D eigenvalue weighted by molar-refractivity contribution is 0.801. The average Bonchev–Trinajstić information content (AvgIpc) is 2.77. The van der Waals surface area contributed by atoms with Gasteiger partial charge in [-0.3, -0.25) is 0 Å². The summed E-state index contributed by atoms with van der Waals surface area (Å²) in [5.74, 6) is 6.15. The van der Waals surface area contributed by atoms with Crippen LogP contribution in [0.5, 0.6) is 0 Å². The van der Waals surface area contributed by atoms with Crippen molar-refractivity contribution in [3.8, 4) is 11.1 Å². The molecule has 0 saturated heterocycles. The van der Waals surface area contributed by atoms with Crippen molar-refractivity contribution in [3.05, 3.63) is 53.6 Å². The van der Waals surface area contributed by atoms with Gasteiger partial charge < -0.3 is 5.01 Å². The number of hydrogen-bond donors (Lipinski definition) is 1. The molecule has 0 atom stereocenters. The summed E-state index contributed by atoms with van der Waals surface area (Å²) in [6.07, 6.45) is 2.06. The Morgan fingerprint density at radius 3 is 2.67 bits per heavy atom. The number of nitrogens with zero attached hydrogens (tertiary/aromatic N) is 1. The van der Waals surface area contributed by atoms with E-state index in [2.05, 4.69) is 49.4 Å². The van der Waals surface area contributed by atoms with Gasteiger partial charge in [0, 0.05) is 13.0 Å². The van der Waals surface area contributed by atoms with Gasteiger partial charge in [0.2, 0.25) is 0 Å². The maximum absolute atomic E-state index is 6.15. The number of fused-ring (bicyclic) bond motifs is 3. The fraction of sp³-hybridized carbons (Fsp3) is 0.250. The van der Waals surface area contributed by atoms with Gasteiger partial charge in [-0.05, 0) is 34.7 Å². The molecule has 0 saturated carbocycles. The first-order valence-corrected chi connectivity index (χ1v) is 6.53. The van der Waals surface area contributed by atoms with Crippen molar-refractivity contribution in [1.29, 1.82) is 0 Å². The molecule has 2 aromatic carbocycles. The molecule has 0 spiro atoms. The van der Waals surface area contributed by atoms with Crippen molar-refractivity contribution < 1.29 is 0 Å². The normalized spacial score (nSPS) is 12.1. The average molecular weight is 238 g/mol. The van der Waals surface area contributed by atoms with Crippen molar-refractivity contribution in [2.75, 3.05) is 11.6 Å². The van der Waals surface area contributed by atoms with Gasteiger partial charge in [-0.1, -0.05) is 43.3 Å². The molecule has 0 aromatic heterocycles. The molecule has 0 amide bonds. The second-order valence-electron chi connectivity index (χ2n) is 4.83. The summed E-state index contributed by atoms with van der Waals surface area (Å²) in [6, 6.07) is 15.0. The van der Waals surface area contributed by atoms with Crippen molar-refractivity contribution in [2.45, 2.75) is 19.8 Å². The molecule has 0 radical (unpaired) electrons. The number of nitrogens with two attached hydrogens (primary N) is 1. The summed E-state index contributed by atoms with van der Waals surface area (Å²) >= 11 is 0. The number of anilines is 1. The third-order valence-corrected chi connectivity index (χ3v) is 3.60. The minimum Gasteiger partial charge on any atom is -0.311 e. The van der Waals surface area contributed by atoms with Gasteiger partial charge in [-0.25, -0.2) is 5.84 Å². The van der Waals surface area contributed by atoms with E-state index in [0.29, 0.717) is 0 Å². The molecule has 0 unspecified atom stereocenters. The monoisotopic (exact) mass is 238 g/mol. The molecule has 2 nitrogen and oxygen atoms in total. The molecule has 0 fully saturated rings. The van der Waals surface area contributed by atoms with Gasteiger partial charge in [0.15, 0.2) is 0 Å². The second kappa shape index (κ2) is 4.46. The van der Waals surface area contributed by atoms with Crippen LogP contribution >= 0.6 is 0 Å². The highest BCUT2D eigenvalue weighted by molar-refractivity contribution is 5.82. The molecule has 2 heteroatoms. The number of hydrogen-bond acceptors (Lipinski definition) is 2. The predicted molar refractivity (Wildman–Crippen MR) is 76.5 cm³/mol. The lowest BCUT2D eigenvalue weighted by Crippen LogP contribution is -2.32. The number of rotatable bonds is 3. The molecule has 1 aliphatic carbocycles. The van der Waals surface area contributed by atoms with Crippen molar-refractivity contribution >= 4 is 5.69 Å². The topological polar surface area (TPSA) is 29.3 Å². The van der Waals surface area contributed by atoms with Gasteiger partial charge in [0.05, 0.1) is 5.69 Å². The van der Waals surface area contributed by atoms with E-state index in [-0.39, 0.29) is 0 Å². The first kappa shape index (κ1) is 11.3. The van der Waals surface area contributed by atoms with Gasteiger partial charge in [-0.15, -0.1) is 0 Å². The van der Waals surface area contributed by atoms with E-state index in [1.807, 2.05) is 5.01 Å². The van der Waals surface area contributed by atoms with E-state index >= 15 is 0 Å². The van der Waals surface area contributed by atoms with Crippen LogP contribution in [0.15, 0.2) is 42.5 Å². The highest BCUT2D eigenvalue weighted by Crippen LogP contribution is 2.40. The fourth-order valence-corrected chi connectivity index (χ4v) is 2.77. The zero-order valence-corrected chi connectivity index (χ0v) is 10.7. The summed E-state index contributed by atoms with van der Waals surface area (Å²) in [6.45, 7) is 3.05. The largest absolute Gasteiger partial charge is 0.311 e. The summed E-state index contributed by atoms with van der Waals surface area (Å²) in [5, 5.41) is 1.88. The lowest BCUT2D eigenvalue weighted by Gasteiger charge is -2.21. The zero-order chi connectivity index (χ0) is 12.5. The van der Waals surface area contributed by atoms with E-state index < -0.39 is 0 Å². The van der Waals surface area contributed by atoms with Gasteiger partial charge in [0.25, 0.3) is 0 Å². The molecule has 0 aliphatic heterocycles. The first-order chi connectivity index (χ1) is 8.81. The van der Waals surface area contributed by atoms with Crippen LogP contribution in [0.4, 0.5) is 5.69 Å². The summed E-state index contributed by atoms with van der Waals surface area (Å²) in [7, 11) is 0. The summed E-state index contributed by atoms with van der Waals surface area (Å²) in [4.78, 5) is 0. The molecule has 2 aromatic rings. The summed E-state index contributed by atoms with van der Waals surface area (Å²) < 4.78 is 0. The molecule has 18 heavy (non-hydrogen) atoms. The van der Waals surface area contributed by atoms with Gasteiger partial charge >= 0.3 is 0 Å². The van der Waals surface area contributed by atoms with Gasteiger partial charge in [-0.2, -0.15) is 0 Å². The van der Waals surface area contributed by atoms with Crippen LogP contribution in [0, 0.1) is 0 Å². The molecule has 3 rings (SSSR count). The van der Waals surface area contributed by atoms with Crippen molar-refractivity contribution in [1.82, 2.24) is 0 Å². The minimum atomic E-state index is 0.896. The highest BCUT2D eigenvalue weighted by Gasteiger charge is 2.21. The van der Waals surface area contributed by atoms with Crippen LogP contribution < -0.4 is 10.9 Å². The van der Waals surface area contributed by atoms with Crippen LogP contribution in [0.1, 0.15) is 24.5 Å². The van der Waals surface area contributed by atoms with Crippen LogP contribution in [0.3, 0.4) is 0 Å². The Bertz CT molecular complexity index is 575. The first-order valence-electron chi connectivity index (χ1n) is 6.53. The Kier molecular flexibility index (Phi) is 2.80. The molecular formula is C16H18N2. The third-order valence-electron chi connectivity index (χ3n) is 3.60. The predicted octanol–water partition coefficient (Wildman–Crippen LogP) is 3.35. The van der Waals surface area contributed by atoms with E-state index in [1.54, 1.807) is 0 Å². The zero-order valence-electron chi connectivity index (χ0n) is 10.7. The van der Waals surface area contributed by atoms with E-state index in [9.17, 15) is 0 Å².